The van der Waals surface area contributed by atoms with Crippen molar-refractivity contribution in [3.63, 3.8) is 0 Å². The third-order valence-electron chi connectivity index (χ3n) is 5.90. The van der Waals surface area contributed by atoms with E-state index in [4.69, 9.17) is 4.74 Å². The van der Waals surface area contributed by atoms with Crippen molar-refractivity contribution in [1.29, 1.82) is 0 Å². The molecule has 0 aromatic heterocycles. The molecule has 2 aliphatic heterocycles. The molecule has 2 aromatic rings. The Kier molecular flexibility index (Phi) is 5.39. The van der Waals surface area contributed by atoms with E-state index in [1.54, 1.807) is 41.2 Å². The molecule has 2 aliphatic rings. The predicted molar refractivity (Wildman–Crippen MR) is 114 cm³/mol. The number of urea groups is 1. The van der Waals surface area contributed by atoms with E-state index in [9.17, 15) is 14.7 Å². The third-order valence-corrected chi connectivity index (χ3v) is 5.90. The zero-order chi connectivity index (χ0) is 21.4. The van der Waals surface area contributed by atoms with Gasteiger partial charge in [0.25, 0.3) is 5.91 Å². The highest BCUT2D eigenvalue weighted by atomic mass is 16.5. The normalized spacial score (nSPS) is 22.1. The molecule has 3 amide bonds. The molecule has 0 spiro atoms. The van der Waals surface area contributed by atoms with E-state index in [1.165, 1.54) is 0 Å². The molecule has 7 nitrogen and oxygen atoms in total. The van der Waals surface area contributed by atoms with Crippen LogP contribution in [-0.2, 0) is 0 Å². The Morgan fingerprint density at radius 2 is 1.97 bits per heavy atom. The molecule has 3 atom stereocenters. The number of hydrogen-bond donors (Lipinski definition) is 2. The van der Waals surface area contributed by atoms with E-state index < -0.39 is 0 Å². The zero-order valence-electron chi connectivity index (χ0n) is 17.4. The number of para-hydroxylation sites is 1. The number of anilines is 1. The average molecular weight is 409 g/mol. The molecular formula is C23H27N3O4. The standard InChI is InChI=1S/C23H27N3O4/c1-14(2)24-23(29)26-19-12-25(22(28)15-7-6-8-16(11-15)30-3)18-10-5-4-9-17(18)21(19)20(26)13-27/h4-11,14,19-21,27H,12-13H2,1-3H3,(H,24,29)/t19-,20+,21+/m1/s1. The van der Waals surface area contributed by atoms with E-state index in [1.807, 2.05) is 38.1 Å². The van der Waals surface area contributed by atoms with Gasteiger partial charge in [-0.3, -0.25) is 4.79 Å². The molecular weight excluding hydrogens is 382 g/mol. The summed E-state index contributed by atoms with van der Waals surface area (Å²) in [4.78, 5) is 29.6. The minimum atomic E-state index is -0.302. The number of aliphatic hydroxyl groups is 1. The lowest BCUT2D eigenvalue weighted by Gasteiger charge is -2.58. The molecule has 1 saturated heterocycles. The smallest absolute Gasteiger partial charge is 0.318 e. The van der Waals surface area contributed by atoms with Gasteiger partial charge in [0.1, 0.15) is 5.75 Å². The van der Waals surface area contributed by atoms with Crippen LogP contribution in [0.4, 0.5) is 10.5 Å². The Labute approximate surface area is 176 Å². The highest BCUT2D eigenvalue weighted by Gasteiger charge is 2.55. The van der Waals surface area contributed by atoms with Gasteiger partial charge in [-0.05, 0) is 43.7 Å². The van der Waals surface area contributed by atoms with Crippen molar-refractivity contribution in [3.05, 3.63) is 59.7 Å². The lowest BCUT2D eigenvalue weighted by atomic mass is 9.72. The molecule has 2 N–H and O–H groups in total. The summed E-state index contributed by atoms with van der Waals surface area (Å²) in [7, 11) is 1.57. The van der Waals surface area contributed by atoms with Crippen LogP contribution in [0.3, 0.4) is 0 Å². The first-order valence-electron chi connectivity index (χ1n) is 10.2. The number of hydrogen-bond acceptors (Lipinski definition) is 4. The summed E-state index contributed by atoms with van der Waals surface area (Å²) in [6, 6.07) is 14.1. The van der Waals surface area contributed by atoms with Crippen molar-refractivity contribution in [2.75, 3.05) is 25.2 Å². The molecule has 0 saturated carbocycles. The van der Waals surface area contributed by atoms with E-state index in [-0.39, 0.29) is 42.6 Å². The summed E-state index contributed by atoms with van der Waals surface area (Å²) < 4.78 is 5.27. The van der Waals surface area contributed by atoms with E-state index in [2.05, 4.69) is 5.32 Å². The zero-order valence-corrected chi connectivity index (χ0v) is 17.4. The minimum absolute atomic E-state index is 0.00142. The van der Waals surface area contributed by atoms with Crippen LogP contribution in [0, 0.1) is 0 Å². The predicted octanol–water partition coefficient (Wildman–Crippen LogP) is 2.60. The molecule has 0 aliphatic carbocycles. The maximum Gasteiger partial charge on any atom is 0.318 e. The number of likely N-dealkylation sites (tertiary alicyclic amines) is 1. The Hall–Kier alpha value is -3.06. The molecule has 0 unspecified atom stereocenters. The van der Waals surface area contributed by atoms with Gasteiger partial charge in [-0.25, -0.2) is 4.79 Å². The van der Waals surface area contributed by atoms with Crippen molar-refractivity contribution in [3.8, 4) is 5.75 Å². The molecule has 0 radical (unpaired) electrons. The second-order valence-corrected chi connectivity index (χ2v) is 8.06. The number of carbonyl (C=O) groups is 2. The Balaban J connectivity index is 1.70. The quantitative estimate of drug-likeness (QED) is 0.813. The minimum Gasteiger partial charge on any atom is -0.497 e. The highest BCUT2D eigenvalue weighted by Crippen LogP contribution is 2.48. The number of methoxy groups -OCH3 is 1. The first kappa shape index (κ1) is 20.2. The van der Waals surface area contributed by atoms with E-state index >= 15 is 0 Å². The maximum atomic E-state index is 13.4. The average Bonchev–Trinajstić information content (AvgIpc) is 2.73. The summed E-state index contributed by atoms with van der Waals surface area (Å²) >= 11 is 0. The van der Waals surface area contributed by atoms with Gasteiger partial charge in [0, 0.05) is 29.8 Å². The van der Waals surface area contributed by atoms with Gasteiger partial charge in [-0.2, -0.15) is 0 Å². The molecule has 2 heterocycles. The van der Waals surface area contributed by atoms with Crippen LogP contribution in [0.25, 0.3) is 0 Å². The number of carbonyl (C=O) groups excluding carboxylic acids is 2. The Morgan fingerprint density at radius 1 is 1.20 bits per heavy atom. The van der Waals surface area contributed by atoms with Crippen LogP contribution < -0.4 is 15.0 Å². The third kappa shape index (κ3) is 3.29. The van der Waals surface area contributed by atoms with Crippen LogP contribution in [0.5, 0.6) is 5.75 Å². The fourth-order valence-electron chi connectivity index (χ4n) is 4.59. The number of rotatable bonds is 4. The van der Waals surface area contributed by atoms with Crippen LogP contribution in [0.15, 0.2) is 48.5 Å². The van der Waals surface area contributed by atoms with Gasteiger partial charge in [0.15, 0.2) is 0 Å². The summed E-state index contributed by atoms with van der Waals surface area (Å²) in [6.07, 6.45) is 0. The van der Waals surface area contributed by atoms with Crippen LogP contribution in [0.2, 0.25) is 0 Å². The molecule has 0 bridgehead atoms. The molecule has 30 heavy (non-hydrogen) atoms. The lowest BCUT2D eigenvalue weighted by molar-refractivity contribution is -0.00815. The molecule has 158 valence electrons. The number of fused-ring (bicyclic) bond motifs is 3. The van der Waals surface area contributed by atoms with Crippen LogP contribution in [0.1, 0.15) is 35.7 Å². The molecule has 1 fully saturated rings. The van der Waals surface area contributed by atoms with Crippen molar-refractivity contribution in [2.45, 2.75) is 37.9 Å². The molecule has 4 rings (SSSR count). The highest BCUT2D eigenvalue weighted by molar-refractivity contribution is 6.07. The topological polar surface area (TPSA) is 82.1 Å². The number of nitrogens with one attached hydrogen (secondary N) is 1. The molecule has 7 heteroatoms. The maximum absolute atomic E-state index is 13.4. The van der Waals surface area contributed by atoms with Crippen molar-refractivity contribution >= 4 is 17.6 Å². The van der Waals surface area contributed by atoms with Crippen LogP contribution >= 0.6 is 0 Å². The van der Waals surface area contributed by atoms with Gasteiger partial charge in [0.05, 0.1) is 25.8 Å². The number of ether oxygens (including phenoxy) is 1. The summed E-state index contributed by atoms with van der Waals surface area (Å²) in [5, 5.41) is 12.9. The Bertz CT molecular complexity index is 961. The number of nitrogens with zero attached hydrogens (tertiary/aromatic N) is 2. The second kappa shape index (κ2) is 7.99. The van der Waals surface area contributed by atoms with E-state index in [0.717, 1.165) is 11.3 Å². The van der Waals surface area contributed by atoms with Gasteiger partial charge in [-0.1, -0.05) is 24.3 Å². The summed E-state index contributed by atoms with van der Waals surface area (Å²) in [5.41, 5.74) is 2.34. The first-order valence-corrected chi connectivity index (χ1v) is 10.2. The van der Waals surface area contributed by atoms with Gasteiger partial charge in [0.2, 0.25) is 0 Å². The largest absolute Gasteiger partial charge is 0.497 e. The lowest BCUT2D eigenvalue weighted by Crippen LogP contribution is -2.72. The van der Waals surface area contributed by atoms with Gasteiger partial charge >= 0.3 is 6.03 Å². The van der Waals surface area contributed by atoms with E-state index in [0.29, 0.717) is 17.9 Å². The fourth-order valence-corrected chi connectivity index (χ4v) is 4.59. The monoisotopic (exact) mass is 409 g/mol. The van der Waals surface area contributed by atoms with Crippen molar-refractivity contribution in [2.24, 2.45) is 0 Å². The van der Waals surface area contributed by atoms with Crippen LogP contribution in [-0.4, -0.2) is 60.3 Å². The number of aliphatic hydroxyl groups excluding tert-OH is 1. The van der Waals surface area contributed by atoms with Gasteiger partial charge in [-0.15, -0.1) is 0 Å². The summed E-state index contributed by atoms with van der Waals surface area (Å²) in [6.45, 7) is 4.06. The second-order valence-electron chi connectivity index (χ2n) is 8.06. The fraction of sp³-hybridized carbons (Fsp3) is 0.391. The number of benzene rings is 2. The first-order chi connectivity index (χ1) is 14.5. The van der Waals surface area contributed by atoms with Gasteiger partial charge < -0.3 is 25.0 Å². The SMILES string of the molecule is COc1cccc(C(=O)N2C[C@@H]3[C@H](c4ccccc42)[C@H](CO)N3C(=O)NC(C)C)c1. The summed E-state index contributed by atoms with van der Waals surface area (Å²) in [5.74, 6) is 0.473. The van der Waals surface area contributed by atoms with Crippen molar-refractivity contribution in [1.82, 2.24) is 10.2 Å². The molecule has 2 aromatic carbocycles. The number of amides is 3. The van der Waals surface area contributed by atoms with Crippen molar-refractivity contribution < 1.29 is 19.4 Å². The Morgan fingerprint density at radius 3 is 2.67 bits per heavy atom.